The van der Waals surface area contributed by atoms with Crippen molar-refractivity contribution in [2.45, 2.75) is 26.9 Å². The fourth-order valence-corrected chi connectivity index (χ4v) is 3.57. The molecule has 32 heavy (non-hydrogen) atoms. The van der Waals surface area contributed by atoms with Crippen LogP contribution in [0.5, 0.6) is 5.75 Å². The van der Waals surface area contributed by atoms with E-state index in [1.165, 1.54) is 7.11 Å². The number of aromatic nitrogens is 5. The molecule has 0 bridgehead atoms. The van der Waals surface area contributed by atoms with Crippen molar-refractivity contribution >= 4 is 5.97 Å². The molecule has 0 unspecified atom stereocenters. The molecule has 162 valence electrons. The summed E-state index contributed by atoms with van der Waals surface area (Å²) < 4.78 is 11.0. The molecule has 0 radical (unpaired) electrons. The van der Waals surface area contributed by atoms with Crippen LogP contribution in [0.2, 0.25) is 0 Å². The number of H-pyrrole nitrogens is 1. The molecule has 8 nitrogen and oxygen atoms in total. The molecule has 0 atom stereocenters. The van der Waals surface area contributed by atoms with Gasteiger partial charge in [0.2, 0.25) is 5.82 Å². The van der Waals surface area contributed by atoms with Crippen LogP contribution in [0.15, 0.2) is 54.6 Å². The maximum absolute atomic E-state index is 12.4. The molecule has 4 rings (SSSR count). The monoisotopic (exact) mass is 429 g/mol. The molecule has 4 aromatic rings. The molecular weight excluding hydrogens is 406 g/mol. The Bertz CT molecular complexity index is 1220. The van der Waals surface area contributed by atoms with Gasteiger partial charge >= 0.3 is 5.97 Å². The van der Waals surface area contributed by atoms with Crippen LogP contribution < -0.4 is 4.74 Å². The van der Waals surface area contributed by atoms with E-state index in [1.807, 2.05) is 62.4 Å². The van der Waals surface area contributed by atoms with Crippen molar-refractivity contribution in [3.05, 3.63) is 77.1 Å². The van der Waals surface area contributed by atoms with Gasteiger partial charge in [-0.05, 0) is 41.3 Å². The molecular formula is C24H23N5O3. The molecule has 0 fully saturated rings. The van der Waals surface area contributed by atoms with Crippen LogP contribution in [-0.4, -0.2) is 38.7 Å². The summed E-state index contributed by atoms with van der Waals surface area (Å²) in [5, 5.41) is 14.5. The number of hydrogen-bond acceptors (Lipinski definition) is 7. The predicted octanol–water partition coefficient (Wildman–Crippen LogP) is 4.17. The third-order valence-electron chi connectivity index (χ3n) is 5.06. The average molecular weight is 429 g/mol. The normalized spacial score (nSPS) is 10.7. The molecule has 0 saturated heterocycles. The van der Waals surface area contributed by atoms with Crippen molar-refractivity contribution in [2.75, 3.05) is 7.11 Å². The van der Waals surface area contributed by atoms with Crippen LogP contribution in [0.25, 0.3) is 22.5 Å². The minimum Gasteiger partial charge on any atom is -0.488 e. The van der Waals surface area contributed by atoms with E-state index in [-0.39, 0.29) is 6.61 Å². The van der Waals surface area contributed by atoms with Gasteiger partial charge in [-0.25, -0.2) is 4.79 Å². The molecule has 8 heteroatoms. The van der Waals surface area contributed by atoms with E-state index in [2.05, 4.69) is 25.6 Å². The van der Waals surface area contributed by atoms with E-state index in [9.17, 15) is 4.79 Å². The van der Waals surface area contributed by atoms with Crippen LogP contribution in [-0.2, 0) is 17.8 Å². The topological polar surface area (TPSA) is 103 Å². The molecule has 0 spiro atoms. The fourth-order valence-electron chi connectivity index (χ4n) is 3.57. The number of hydrogen-bond donors (Lipinski definition) is 1. The lowest BCUT2D eigenvalue weighted by Gasteiger charge is -2.15. The first kappa shape index (κ1) is 21.2. The largest absolute Gasteiger partial charge is 0.488 e. The summed E-state index contributed by atoms with van der Waals surface area (Å²) in [5.41, 5.74) is 5.55. The highest BCUT2D eigenvalue weighted by Gasteiger charge is 2.20. The summed E-state index contributed by atoms with van der Waals surface area (Å²) in [6, 6.07) is 17.7. The Morgan fingerprint density at radius 2 is 1.88 bits per heavy atom. The standard InChI is InChI=1S/C24H23N5O3/c1-4-20-22(24(30)31-3)21(12-15(2)25-20)32-14-16-10-11-18(17-8-6-5-7-9-17)19(13-16)23-26-28-29-27-23/h5-13H,4,14H2,1-3H3,(H,26,27,28,29). The highest BCUT2D eigenvalue weighted by atomic mass is 16.5. The van der Waals surface area contributed by atoms with Crippen molar-refractivity contribution < 1.29 is 14.3 Å². The summed E-state index contributed by atoms with van der Waals surface area (Å²) in [4.78, 5) is 16.8. The summed E-state index contributed by atoms with van der Waals surface area (Å²) in [7, 11) is 1.35. The Kier molecular flexibility index (Phi) is 6.21. The molecule has 0 aliphatic heterocycles. The van der Waals surface area contributed by atoms with Gasteiger partial charge in [-0.2, -0.15) is 5.21 Å². The number of carbonyl (C=O) groups excluding carboxylic acids is 1. The summed E-state index contributed by atoms with van der Waals surface area (Å²) in [5.74, 6) is 0.486. The Labute approximate surface area is 185 Å². The molecule has 1 N–H and O–H groups in total. The Morgan fingerprint density at radius 3 is 2.56 bits per heavy atom. The quantitative estimate of drug-likeness (QED) is 0.440. The van der Waals surface area contributed by atoms with Crippen molar-refractivity contribution in [3.8, 4) is 28.3 Å². The van der Waals surface area contributed by atoms with E-state index in [1.54, 1.807) is 6.07 Å². The molecule has 0 aliphatic rings. The van der Waals surface area contributed by atoms with Gasteiger partial charge in [0.1, 0.15) is 17.9 Å². The molecule has 2 aromatic carbocycles. The zero-order valence-corrected chi connectivity index (χ0v) is 18.1. The lowest BCUT2D eigenvalue weighted by atomic mass is 9.97. The average Bonchev–Trinajstić information content (AvgIpc) is 3.37. The molecule has 2 heterocycles. The first-order valence-corrected chi connectivity index (χ1v) is 10.2. The van der Waals surface area contributed by atoms with Gasteiger partial charge in [0.05, 0.1) is 12.8 Å². The number of methoxy groups -OCH3 is 1. The van der Waals surface area contributed by atoms with E-state index < -0.39 is 5.97 Å². The number of tetrazole rings is 1. The number of esters is 1. The number of ether oxygens (including phenoxy) is 2. The van der Waals surface area contributed by atoms with Crippen molar-refractivity contribution in [1.82, 2.24) is 25.6 Å². The van der Waals surface area contributed by atoms with Gasteiger partial charge in [0.25, 0.3) is 0 Å². The third kappa shape index (κ3) is 4.34. The number of aryl methyl sites for hydroxylation is 2. The molecule has 0 amide bonds. The first-order valence-electron chi connectivity index (χ1n) is 10.2. The molecule has 2 aromatic heterocycles. The highest BCUT2D eigenvalue weighted by Crippen LogP contribution is 2.31. The maximum Gasteiger partial charge on any atom is 0.343 e. The van der Waals surface area contributed by atoms with Gasteiger partial charge in [-0.3, -0.25) is 4.98 Å². The van der Waals surface area contributed by atoms with Crippen LogP contribution >= 0.6 is 0 Å². The van der Waals surface area contributed by atoms with Gasteiger partial charge < -0.3 is 9.47 Å². The van der Waals surface area contributed by atoms with E-state index in [4.69, 9.17) is 9.47 Å². The first-order chi connectivity index (χ1) is 15.6. The Balaban J connectivity index is 1.69. The van der Waals surface area contributed by atoms with Crippen LogP contribution in [0.1, 0.15) is 34.2 Å². The zero-order chi connectivity index (χ0) is 22.5. The number of carbonyl (C=O) groups is 1. The second-order valence-electron chi connectivity index (χ2n) is 7.20. The van der Waals surface area contributed by atoms with Gasteiger partial charge in [0.15, 0.2) is 0 Å². The second-order valence-corrected chi connectivity index (χ2v) is 7.20. The number of nitrogens with zero attached hydrogens (tertiary/aromatic N) is 4. The predicted molar refractivity (Wildman–Crippen MR) is 119 cm³/mol. The smallest absolute Gasteiger partial charge is 0.343 e. The number of nitrogens with one attached hydrogen (secondary N) is 1. The Hall–Kier alpha value is -4.07. The SMILES string of the molecule is CCc1nc(C)cc(OCc2ccc(-c3ccccc3)c(-c3nn[nH]n3)c2)c1C(=O)OC. The van der Waals surface area contributed by atoms with Gasteiger partial charge in [0, 0.05) is 17.3 Å². The van der Waals surface area contributed by atoms with Crippen molar-refractivity contribution in [1.29, 1.82) is 0 Å². The zero-order valence-electron chi connectivity index (χ0n) is 18.1. The lowest BCUT2D eigenvalue weighted by Crippen LogP contribution is -2.11. The number of benzene rings is 2. The Morgan fingerprint density at radius 1 is 1.06 bits per heavy atom. The van der Waals surface area contributed by atoms with Crippen LogP contribution in [0, 0.1) is 6.92 Å². The van der Waals surface area contributed by atoms with E-state index in [0.717, 1.165) is 27.9 Å². The fraction of sp³-hybridized carbons (Fsp3) is 0.208. The molecule has 0 saturated carbocycles. The summed E-state index contributed by atoms with van der Waals surface area (Å²) in [6.45, 7) is 4.06. The summed E-state index contributed by atoms with van der Waals surface area (Å²) >= 11 is 0. The second kappa shape index (κ2) is 9.38. The summed E-state index contributed by atoms with van der Waals surface area (Å²) in [6.07, 6.45) is 0.593. The van der Waals surface area contributed by atoms with Crippen LogP contribution in [0.4, 0.5) is 0 Å². The number of pyridine rings is 1. The van der Waals surface area contributed by atoms with Crippen molar-refractivity contribution in [2.24, 2.45) is 0 Å². The van der Waals surface area contributed by atoms with Gasteiger partial charge in [-0.1, -0.05) is 49.4 Å². The minimum absolute atomic E-state index is 0.247. The van der Waals surface area contributed by atoms with Gasteiger partial charge in [-0.15, -0.1) is 10.2 Å². The minimum atomic E-state index is -0.462. The van der Waals surface area contributed by atoms with Crippen molar-refractivity contribution in [3.63, 3.8) is 0 Å². The number of rotatable bonds is 7. The maximum atomic E-state index is 12.4. The van der Waals surface area contributed by atoms with E-state index in [0.29, 0.717) is 29.3 Å². The highest BCUT2D eigenvalue weighted by molar-refractivity contribution is 5.93. The third-order valence-corrected chi connectivity index (χ3v) is 5.06. The van der Waals surface area contributed by atoms with Crippen LogP contribution in [0.3, 0.4) is 0 Å². The van der Waals surface area contributed by atoms with E-state index >= 15 is 0 Å². The number of aromatic amines is 1. The lowest BCUT2D eigenvalue weighted by molar-refractivity contribution is 0.0593. The molecule has 0 aliphatic carbocycles.